The number of nitrogens with zero attached hydrogens (tertiary/aromatic N) is 5. The average molecular weight is 493 g/mol. The normalized spacial score (nSPS) is 20.0. The Morgan fingerprint density at radius 1 is 1.22 bits per heavy atom. The van der Waals surface area contributed by atoms with E-state index in [0.717, 1.165) is 32.0 Å². The van der Waals surface area contributed by atoms with Gasteiger partial charge in [-0.2, -0.15) is 4.98 Å². The van der Waals surface area contributed by atoms with E-state index in [0.29, 0.717) is 29.9 Å². The molecule has 10 nitrogen and oxygen atoms in total. The van der Waals surface area contributed by atoms with Crippen LogP contribution in [0, 0.1) is 5.82 Å². The van der Waals surface area contributed by atoms with Crippen molar-refractivity contribution in [3.63, 3.8) is 0 Å². The number of hydrogen-bond acceptors (Lipinski definition) is 9. The molecule has 4 N–H and O–H groups in total. The summed E-state index contributed by atoms with van der Waals surface area (Å²) in [7, 11) is 2.11. The summed E-state index contributed by atoms with van der Waals surface area (Å²) in [6.07, 6.45) is 6.70. The predicted octanol–water partition coefficient (Wildman–Crippen LogP) is 2.52. The molecule has 11 heteroatoms. The van der Waals surface area contributed by atoms with E-state index in [2.05, 4.69) is 43.5 Å². The minimum Gasteiger partial charge on any atom is -0.434 e. The van der Waals surface area contributed by atoms with Gasteiger partial charge in [0.05, 0.1) is 18.0 Å². The number of halogens is 1. The molecule has 3 aliphatic heterocycles. The maximum absolute atomic E-state index is 14.3. The van der Waals surface area contributed by atoms with Gasteiger partial charge in [-0.15, -0.1) is 0 Å². The van der Waals surface area contributed by atoms with E-state index < -0.39 is 5.82 Å². The lowest BCUT2D eigenvalue weighted by Crippen LogP contribution is -2.44. The first kappa shape index (κ1) is 23.7. The maximum Gasteiger partial charge on any atom is 0.274 e. The van der Waals surface area contributed by atoms with Gasteiger partial charge in [0, 0.05) is 37.9 Å². The second-order valence-electron chi connectivity index (χ2n) is 8.99. The molecule has 3 aliphatic rings. The molecular formula is C25H29FN8O2. The number of nitrogens with two attached hydrogens (primary N) is 1. The van der Waals surface area contributed by atoms with Gasteiger partial charge in [-0.05, 0) is 44.2 Å². The van der Waals surface area contributed by atoms with Gasteiger partial charge in [0.2, 0.25) is 5.88 Å². The zero-order valence-corrected chi connectivity index (χ0v) is 20.3. The molecule has 1 amide bonds. The van der Waals surface area contributed by atoms with Crippen molar-refractivity contribution in [3.05, 3.63) is 59.1 Å². The Balaban J connectivity index is 1.46. The molecule has 0 radical (unpaired) electrons. The Kier molecular flexibility index (Phi) is 6.55. The molecule has 2 aromatic rings. The summed E-state index contributed by atoms with van der Waals surface area (Å²) in [6, 6.07) is 3.81. The average Bonchev–Trinajstić information content (AvgIpc) is 2.84. The number of aromatic nitrogens is 2. The Morgan fingerprint density at radius 3 is 2.81 bits per heavy atom. The predicted molar refractivity (Wildman–Crippen MR) is 136 cm³/mol. The molecule has 2 bridgehead atoms. The van der Waals surface area contributed by atoms with Crippen LogP contribution in [0.25, 0.3) is 0 Å². The number of hydrogen-bond donors (Lipinski definition) is 3. The molecule has 1 aromatic heterocycles. The Bertz CT molecular complexity index is 1270. The van der Waals surface area contributed by atoms with Crippen LogP contribution in [-0.2, 0) is 6.42 Å². The van der Waals surface area contributed by atoms with E-state index in [4.69, 9.17) is 15.5 Å². The summed E-state index contributed by atoms with van der Waals surface area (Å²) in [5, 5.41) is 6.22. The van der Waals surface area contributed by atoms with Crippen LogP contribution in [-0.4, -0.2) is 71.2 Å². The van der Waals surface area contributed by atoms with E-state index in [1.165, 1.54) is 18.2 Å². The summed E-state index contributed by atoms with van der Waals surface area (Å²) in [4.78, 5) is 31.4. The smallest absolute Gasteiger partial charge is 0.274 e. The van der Waals surface area contributed by atoms with Gasteiger partial charge < -0.3 is 30.9 Å². The van der Waals surface area contributed by atoms with E-state index in [1.807, 2.05) is 13.0 Å². The van der Waals surface area contributed by atoms with Crippen molar-refractivity contribution in [1.29, 1.82) is 0 Å². The molecule has 4 heterocycles. The van der Waals surface area contributed by atoms with Gasteiger partial charge in [0.25, 0.3) is 5.91 Å². The summed E-state index contributed by atoms with van der Waals surface area (Å²) in [5.41, 5.74) is 7.38. The van der Waals surface area contributed by atoms with Crippen molar-refractivity contribution in [2.45, 2.75) is 25.8 Å². The monoisotopic (exact) mass is 492 g/mol. The Labute approximate surface area is 208 Å². The number of nitrogens with one attached hydrogen (secondary N) is 2. The fourth-order valence-electron chi connectivity index (χ4n) is 4.26. The van der Waals surface area contributed by atoms with Gasteiger partial charge in [0.15, 0.2) is 23.1 Å². The summed E-state index contributed by atoms with van der Waals surface area (Å²) < 4.78 is 20.1. The number of carbonyl (C=O) groups is 1. The van der Waals surface area contributed by atoms with Gasteiger partial charge >= 0.3 is 0 Å². The van der Waals surface area contributed by atoms with Gasteiger partial charge in [-0.3, -0.25) is 4.79 Å². The molecule has 1 saturated heterocycles. The first-order valence-electron chi connectivity index (χ1n) is 12.0. The first-order valence-corrected chi connectivity index (χ1v) is 12.0. The summed E-state index contributed by atoms with van der Waals surface area (Å²) >= 11 is 0. The fraction of sp³-hybridized carbons (Fsp3) is 0.360. The zero-order valence-electron chi connectivity index (χ0n) is 20.3. The molecule has 188 valence electrons. The quantitative estimate of drug-likeness (QED) is 0.557. The largest absolute Gasteiger partial charge is 0.434 e. The number of aliphatic imine (C=N–C) groups is 1. The highest BCUT2D eigenvalue weighted by Gasteiger charge is 2.26. The van der Waals surface area contributed by atoms with E-state index in [9.17, 15) is 9.18 Å². The summed E-state index contributed by atoms with van der Waals surface area (Å²) in [5.74, 6) is 0.178. The highest BCUT2D eigenvalue weighted by Crippen LogP contribution is 2.30. The van der Waals surface area contributed by atoms with Crippen LogP contribution in [0.4, 0.5) is 15.9 Å². The number of benzene rings is 1. The van der Waals surface area contributed by atoms with Crippen LogP contribution >= 0.6 is 0 Å². The molecule has 1 fully saturated rings. The first-order chi connectivity index (χ1) is 17.4. The van der Waals surface area contributed by atoms with Gasteiger partial charge in [0.1, 0.15) is 11.5 Å². The van der Waals surface area contributed by atoms with E-state index >= 15 is 0 Å². The molecule has 1 atom stereocenters. The number of piperazine rings is 1. The van der Waals surface area contributed by atoms with Crippen molar-refractivity contribution < 1.29 is 13.9 Å². The molecule has 1 unspecified atom stereocenters. The molecular weight excluding hydrogens is 463 g/mol. The third-order valence-corrected chi connectivity index (χ3v) is 6.32. The highest BCUT2D eigenvalue weighted by atomic mass is 19.1. The Morgan fingerprint density at radius 2 is 2.03 bits per heavy atom. The standard InChI is InChI=1S/C25H29FN8O2/c1-3-19-25(36-20-12-15(27)4-6-18(20)26)32-23-22(31-19)24(35)30-16-5-7-21(28-14-17(13-16)29-23)34-10-8-33(2)9-11-34/h4,6-7,12-14,16H,3,5,8-11,27H2,1-2H3,(H,29,32)(H,30,35). The number of carbonyl (C=O) groups excluding carboxylic acids is 1. The Hall–Kier alpha value is -3.99. The maximum atomic E-state index is 14.3. The van der Waals surface area contributed by atoms with Gasteiger partial charge in [-0.25, -0.2) is 14.4 Å². The second kappa shape index (κ2) is 9.94. The molecule has 1 aromatic carbocycles. The van der Waals surface area contributed by atoms with E-state index in [1.54, 1.807) is 6.21 Å². The topological polar surface area (TPSA) is 121 Å². The third-order valence-electron chi connectivity index (χ3n) is 6.32. The number of fused-ring (bicyclic) bond motifs is 2. The number of allylic oxidation sites excluding steroid dienone is 1. The second-order valence-corrected chi connectivity index (χ2v) is 8.99. The minimum atomic E-state index is -0.577. The number of ether oxygens (including phenoxy) is 1. The van der Waals surface area contributed by atoms with Crippen LogP contribution in [0.1, 0.15) is 29.5 Å². The van der Waals surface area contributed by atoms with Crippen molar-refractivity contribution in [1.82, 2.24) is 25.1 Å². The van der Waals surface area contributed by atoms with Crippen LogP contribution < -0.4 is 21.1 Å². The number of aryl methyl sites for hydroxylation is 1. The van der Waals surface area contributed by atoms with Crippen LogP contribution in [0.15, 0.2) is 46.9 Å². The molecule has 5 rings (SSSR count). The lowest BCUT2D eigenvalue weighted by Gasteiger charge is -2.34. The molecule has 0 spiro atoms. The third kappa shape index (κ3) is 5.01. The van der Waals surface area contributed by atoms with Crippen LogP contribution in [0.5, 0.6) is 11.6 Å². The van der Waals surface area contributed by atoms with E-state index in [-0.39, 0.29) is 35.1 Å². The fourth-order valence-corrected chi connectivity index (χ4v) is 4.26. The molecule has 0 aliphatic carbocycles. The number of anilines is 2. The lowest BCUT2D eigenvalue weighted by molar-refractivity contribution is 0.0939. The molecule has 0 saturated carbocycles. The van der Waals surface area contributed by atoms with Crippen molar-refractivity contribution in [2.75, 3.05) is 44.3 Å². The number of rotatable bonds is 4. The highest BCUT2D eigenvalue weighted by molar-refractivity contribution is 5.99. The lowest BCUT2D eigenvalue weighted by atomic mass is 10.1. The zero-order chi connectivity index (χ0) is 25.2. The van der Waals surface area contributed by atoms with Crippen molar-refractivity contribution in [3.8, 4) is 11.6 Å². The van der Waals surface area contributed by atoms with Crippen LogP contribution in [0.2, 0.25) is 0 Å². The number of amides is 1. The van der Waals surface area contributed by atoms with Crippen LogP contribution in [0.3, 0.4) is 0 Å². The van der Waals surface area contributed by atoms with Gasteiger partial charge in [-0.1, -0.05) is 6.92 Å². The summed E-state index contributed by atoms with van der Waals surface area (Å²) in [6.45, 7) is 5.56. The molecule has 36 heavy (non-hydrogen) atoms. The number of nitrogen functional groups attached to an aromatic ring is 1. The number of likely N-dealkylation sites (N-methyl/N-ethyl adjacent to an activating group) is 1. The minimum absolute atomic E-state index is 0.0667. The van der Waals surface area contributed by atoms with Crippen molar-refractivity contribution in [2.24, 2.45) is 4.99 Å². The SMILES string of the molecule is CCc1nc2c(nc1Oc1cc(N)ccc1F)NC1=CC(CC=C(N3CCN(C)CC3)N=C1)NC2=O. The van der Waals surface area contributed by atoms with Crippen molar-refractivity contribution >= 4 is 23.6 Å².